The van der Waals surface area contributed by atoms with Crippen LogP contribution in [0.25, 0.3) is 0 Å². The van der Waals surface area contributed by atoms with Gasteiger partial charge in [0, 0.05) is 0 Å². The van der Waals surface area contributed by atoms with Crippen LogP contribution in [0, 0.1) is 10.1 Å². The van der Waals surface area contributed by atoms with Crippen LogP contribution in [-0.2, 0) is 21.3 Å². The lowest BCUT2D eigenvalue weighted by atomic mass is 10.6. The van der Waals surface area contributed by atoms with Crippen LogP contribution in [0.15, 0.2) is 11.1 Å². The van der Waals surface area contributed by atoms with Crippen LogP contribution in [-0.4, -0.2) is 36.1 Å². The fraction of sp³-hybridized carbons (Fsp3) is 0.500. The Kier molecular flexibility index (Phi) is 4.12. The Balaban J connectivity index is 2.91. The second-order valence-electron chi connectivity index (χ2n) is 3.18. The number of nitrogens with zero attached hydrogens (tertiary/aromatic N) is 3. The summed E-state index contributed by atoms with van der Waals surface area (Å²) in [6, 6.07) is 0. The third kappa shape index (κ3) is 4.46. The van der Waals surface area contributed by atoms with Crippen LogP contribution < -0.4 is 5.14 Å². The van der Waals surface area contributed by atoms with E-state index in [1.807, 2.05) is 0 Å². The zero-order valence-corrected chi connectivity index (χ0v) is 9.81. The average Bonchev–Trinajstić information content (AvgIpc) is 2.59. The molecule has 0 aliphatic heterocycles. The first kappa shape index (κ1) is 15.3. The van der Waals surface area contributed by atoms with Crippen molar-refractivity contribution in [3.63, 3.8) is 0 Å². The van der Waals surface area contributed by atoms with Crippen molar-refractivity contribution in [1.82, 2.24) is 9.78 Å². The number of sulfonamides is 1. The quantitative estimate of drug-likeness (QED) is 0.600. The number of rotatable bonds is 5. The van der Waals surface area contributed by atoms with Gasteiger partial charge >= 0.3 is 12.2 Å². The number of ether oxygens (including phenoxy) is 1. The summed E-state index contributed by atoms with van der Waals surface area (Å²) in [6.07, 6.45) is -4.20. The summed E-state index contributed by atoms with van der Waals surface area (Å²) in [5.74, 6) is -1.06. The maximum absolute atomic E-state index is 11.7. The van der Waals surface area contributed by atoms with E-state index in [2.05, 4.69) is 9.84 Å². The van der Waals surface area contributed by atoms with E-state index in [-0.39, 0.29) is 0 Å². The van der Waals surface area contributed by atoms with E-state index in [1.54, 1.807) is 0 Å². The molecular weight excluding hydrogens is 297 g/mol. The predicted octanol–water partition coefficient (Wildman–Crippen LogP) is -0.0249. The second kappa shape index (κ2) is 5.10. The molecule has 0 bridgehead atoms. The van der Waals surface area contributed by atoms with Gasteiger partial charge in [-0.05, 0) is 4.92 Å². The van der Waals surface area contributed by atoms with Gasteiger partial charge in [-0.15, -0.1) is 13.2 Å². The van der Waals surface area contributed by atoms with Crippen LogP contribution >= 0.6 is 0 Å². The lowest BCUT2D eigenvalue weighted by molar-refractivity contribution is -0.392. The summed E-state index contributed by atoms with van der Waals surface area (Å²) >= 11 is 0. The number of nitro groups is 1. The Labute approximate surface area is 103 Å². The number of aromatic nitrogens is 2. The van der Waals surface area contributed by atoms with Crippen molar-refractivity contribution in [1.29, 1.82) is 0 Å². The third-order valence-electron chi connectivity index (χ3n) is 1.78. The molecule has 0 saturated heterocycles. The Morgan fingerprint density at radius 1 is 1.53 bits per heavy atom. The standard InChI is InChI=1S/C6H7F3N4O5S/c7-6(8,9)18-2-1-12-3-4(19(10,16)17)5(11-12)13(14)15/h3H,1-2H2,(H2,10,16,17). The molecule has 19 heavy (non-hydrogen) atoms. The minimum absolute atomic E-state index is 0.532. The number of primary sulfonamides is 1. The first-order valence-electron chi connectivity index (χ1n) is 4.46. The number of nitrogens with two attached hydrogens (primary N) is 1. The van der Waals surface area contributed by atoms with E-state index in [0.717, 1.165) is 0 Å². The van der Waals surface area contributed by atoms with Gasteiger partial charge in [-0.2, -0.15) is 4.68 Å². The van der Waals surface area contributed by atoms with Crippen LogP contribution in [0.2, 0.25) is 0 Å². The molecule has 0 atom stereocenters. The molecule has 0 aliphatic rings. The van der Waals surface area contributed by atoms with Crippen molar-refractivity contribution < 1.29 is 31.2 Å². The van der Waals surface area contributed by atoms with Crippen molar-refractivity contribution in [2.24, 2.45) is 5.14 Å². The molecule has 9 nitrogen and oxygen atoms in total. The highest BCUT2D eigenvalue weighted by atomic mass is 32.2. The summed E-state index contributed by atoms with van der Waals surface area (Å²) in [5.41, 5.74) is 0. The Hall–Kier alpha value is -1.73. The summed E-state index contributed by atoms with van der Waals surface area (Å²) in [7, 11) is -4.40. The van der Waals surface area contributed by atoms with Gasteiger partial charge < -0.3 is 10.1 Å². The van der Waals surface area contributed by atoms with E-state index in [1.165, 1.54) is 0 Å². The zero-order valence-electron chi connectivity index (χ0n) is 8.99. The minimum Gasteiger partial charge on any atom is -0.358 e. The maximum Gasteiger partial charge on any atom is 0.522 e. The molecule has 0 fully saturated rings. The molecule has 0 unspecified atom stereocenters. The smallest absolute Gasteiger partial charge is 0.358 e. The number of hydrogen-bond acceptors (Lipinski definition) is 6. The molecule has 0 aromatic carbocycles. The molecule has 0 amide bonds. The van der Waals surface area contributed by atoms with Crippen LogP contribution in [0.1, 0.15) is 0 Å². The molecule has 1 aromatic heterocycles. The summed E-state index contributed by atoms with van der Waals surface area (Å²) in [6.45, 7) is -1.41. The fourth-order valence-electron chi connectivity index (χ4n) is 1.09. The van der Waals surface area contributed by atoms with Gasteiger partial charge in [-0.1, -0.05) is 0 Å². The van der Waals surface area contributed by atoms with Gasteiger partial charge in [0.15, 0.2) is 0 Å². The first-order valence-corrected chi connectivity index (χ1v) is 6.00. The van der Waals surface area contributed by atoms with Gasteiger partial charge in [-0.3, -0.25) is 4.74 Å². The van der Waals surface area contributed by atoms with Gasteiger partial charge in [-0.25, -0.2) is 13.6 Å². The highest BCUT2D eigenvalue weighted by molar-refractivity contribution is 7.89. The fourth-order valence-corrected chi connectivity index (χ4v) is 1.73. The van der Waals surface area contributed by atoms with Crippen molar-refractivity contribution in [2.45, 2.75) is 17.8 Å². The molecular formula is C6H7F3N4O5S. The second-order valence-corrected chi connectivity index (χ2v) is 4.71. The Morgan fingerprint density at radius 3 is 2.47 bits per heavy atom. The molecule has 0 spiro atoms. The third-order valence-corrected chi connectivity index (χ3v) is 2.68. The van der Waals surface area contributed by atoms with Gasteiger partial charge in [0.05, 0.1) is 24.4 Å². The first-order chi connectivity index (χ1) is 8.50. The highest BCUT2D eigenvalue weighted by Crippen LogP contribution is 2.20. The SMILES string of the molecule is NS(=O)(=O)c1cn(CCOC(F)(F)F)nc1[N+](=O)[O-]. The van der Waals surface area contributed by atoms with E-state index in [0.29, 0.717) is 10.9 Å². The zero-order chi connectivity index (χ0) is 14.8. The molecule has 13 heteroatoms. The van der Waals surface area contributed by atoms with Gasteiger partial charge in [0.1, 0.15) is 0 Å². The van der Waals surface area contributed by atoms with Crippen molar-refractivity contribution in [3.05, 3.63) is 16.3 Å². The summed E-state index contributed by atoms with van der Waals surface area (Å²) in [4.78, 5) is 8.52. The summed E-state index contributed by atoms with van der Waals surface area (Å²) < 4.78 is 61.1. The highest BCUT2D eigenvalue weighted by Gasteiger charge is 2.31. The minimum atomic E-state index is -4.86. The van der Waals surface area contributed by atoms with E-state index >= 15 is 0 Å². The predicted molar refractivity (Wildman–Crippen MR) is 52.3 cm³/mol. The average molecular weight is 304 g/mol. The van der Waals surface area contributed by atoms with Crippen molar-refractivity contribution in [3.8, 4) is 0 Å². The maximum atomic E-state index is 11.7. The summed E-state index contributed by atoms with van der Waals surface area (Å²) in [5, 5.41) is 18.4. The lowest BCUT2D eigenvalue weighted by Crippen LogP contribution is -2.17. The van der Waals surface area contributed by atoms with Crippen LogP contribution in [0.3, 0.4) is 0 Å². The van der Waals surface area contributed by atoms with Gasteiger partial charge in [0.25, 0.3) is 0 Å². The molecule has 2 N–H and O–H groups in total. The molecule has 1 aromatic rings. The normalized spacial score (nSPS) is 12.6. The Bertz CT molecular complexity index is 580. The van der Waals surface area contributed by atoms with E-state index < -0.39 is 45.2 Å². The number of halogens is 3. The topological polar surface area (TPSA) is 130 Å². The largest absolute Gasteiger partial charge is 0.522 e. The lowest BCUT2D eigenvalue weighted by Gasteiger charge is -2.05. The van der Waals surface area contributed by atoms with Gasteiger partial charge in [0.2, 0.25) is 14.9 Å². The van der Waals surface area contributed by atoms with Crippen LogP contribution in [0.4, 0.5) is 19.0 Å². The molecule has 1 heterocycles. The number of hydrogen-bond donors (Lipinski definition) is 1. The van der Waals surface area contributed by atoms with E-state index in [4.69, 9.17) is 5.14 Å². The number of alkyl halides is 3. The monoisotopic (exact) mass is 304 g/mol. The molecule has 108 valence electrons. The van der Waals surface area contributed by atoms with Crippen LogP contribution in [0.5, 0.6) is 0 Å². The molecule has 0 saturated carbocycles. The Morgan fingerprint density at radius 2 is 2.11 bits per heavy atom. The van der Waals surface area contributed by atoms with Crippen molar-refractivity contribution in [2.75, 3.05) is 6.61 Å². The van der Waals surface area contributed by atoms with Crippen molar-refractivity contribution >= 4 is 15.8 Å². The molecule has 0 aliphatic carbocycles. The molecule has 1 rings (SSSR count). The molecule has 0 radical (unpaired) electrons. The van der Waals surface area contributed by atoms with E-state index in [9.17, 15) is 31.7 Å².